The Kier molecular flexibility index (Phi) is 15.9. The summed E-state index contributed by atoms with van der Waals surface area (Å²) in [7, 11) is 0. The number of halogens is 1. The number of hydrogen-bond acceptors (Lipinski definition) is 1. The Hall–Kier alpha value is -1.08. The minimum Gasteiger partial charge on any atom is -0.261 e. The molecule has 0 amide bonds. The first-order chi connectivity index (χ1) is 13.9. The smallest absolute Gasteiger partial charge is 0.0481 e. The number of aryl methyl sites for hydroxylation is 1. The van der Waals surface area contributed by atoms with Crippen molar-refractivity contribution in [2.45, 2.75) is 116 Å². The number of aromatic nitrogens is 1. The lowest BCUT2D eigenvalue weighted by Crippen LogP contribution is -1.92. The summed E-state index contributed by atoms with van der Waals surface area (Å²) in [6.45, 7) is 2.30. The summed E-state index contributed by atoms with van der Waals surface area (Å²) < 4.78 is 0. The van der Waals surface area contributed by atoms with E-state index in [9.17, 15) is 0 Å². The van der Waals surface area contributed by atoms with E-state index >= 15 is 0 Å². The Morgan fingerprint density at radius 1 is 0.586 bits per heavy atom. The van der Waals surface area contributed by atoms with Crippen molar-refractivity contribution in [2.24, 2.45) is 0 Å². The second-order valence-electron chi connectivity index (χ2n) is 8.53. The van der Waals surface area contributed by atoms with Gasteiger partial charge >= 0.3 is 0 Å². The molecule has 0 N–H and O–H groups in total. The highest BCUT2D eigenvalue weighted by Crippen LogP contribution is 2.19. The number of pyridine rings is 1. The van der Waals surface area contributed by atoms with Crippen molar-refractivity contribution in [3.05, 3.63) is 42.2 Å². The molecule has 164 valence electrons. The first kappa shape index (κ1) is 26.0. The predicted octanol–water partition coefficient (Wildman–Crippen LogP) is 9.46. The molecule has 2 heteroatoms. The summed E-state index contributed by atoms with van der Waals surface area (Å²) in [5.74, 6) is 0. The SMILES string of the molecule is CCCCCCCCCCCCCCCCCCc1nccc2ccccc12.Cl. The van der Waals surface area contributed by atoms with Gasteiger partial charge in [0.1, 0.15) is 0 Å². The molecular formula is C27H44ClN. The van der Waals surface area contributed by atoms with Gasteiger partial charge in [0.25, 0.3) is 0 Å². The number of nitrogens with zero attached hydrogens (tertiary/aromatic N) is 1. The highest BCUT2D eigenvalue weighted by Gasteiger charge is 2.01. The zero-order valence-corrected chi connectivity index (χ0v) is 19.7. The third kappa shape index (κ3) is 11.6. The Labute approximate surface area is 186 Å². The second kappa shape index (κ2) is 17.8. The van der Waals surface area contributed by atoms with Crippen LogP contribution in [0, 0.1) is 0 Å². The van der Waals surface area contributed by atoms with Crippen LogP contribution in [0.3, 0.4) is 0 Å². The van der Waals surface area contributed by atoms with Gasteiger partial charge in [0.2, 0.25) is 0 Å². The van der Waals surface area contributed by atoms with E-state index < -0.39 is 0 Å². The van der Waals surface area contributed by atoms with E-state index in [1.165, 1.54) is 119 Å². The molecule has 1 aromatic heterocycles. The molecule has 0 bridgehead atoms. The minimum absolute atomic E-state index is 0. The molecule has 0 aliphatic heterocycles. The van der Waals surface area contributed by atoms with Crippen LogP contribution in [0.25, 0.3) is 10.8 Å². The van der Waals surface area contributed by atoms with Gasteiger partial charge in [0.15, 0.2) is 0 Å². The average molecular weight is 418 g/mol. The average Bonchev–Trinajstić information content (AvgIpc) is 2.73. The zero-order valence-electron chi connectivity index (χ0n) is 18.8. The van der Waals surface area contributed by atoms with Crippen molar-refractivity contribution in [2.75, 3.05) is 0 Å². The monoisotopic (exact) mass is 417 g/mol. The van der Waals surface area contributed by atoms with Gasteiger partial charge in [-0.25, -0.2) is 0 Å². The Balaban J connectivity index is 0.00000420. The largest absolute Gasteiger partial charge is 0.261 e. The molecule has 1 aromatic carbocycles. The standard InChI is InChI=1S/C27H43N.ClH/c1-2-3-4-5-6-7-8-9-10-11-12-13-14-15-16-17-22-27-26-21-19-18-20-25(26)23-24-28-27;/h18-21,23-24H,2-17,22H2,1H3;1H. The Morgan fingerprint density at radius 3 is 1.62 bits per heavy atom. The fraction of sp³-hybridized carbons (Fsp3) is 0.667. The fourth-order valence-electron chi connectivity index (χ4n) is 4.22. The van der Waals surface area contributed by atoms with Crippen molar-refractivity contribution >= 4 is 23.2 Å². The van der Waals surface area contributed by atoms with Crippen LogP contribution in [0.2, 0.25) is 0 Å². The van der Waals surface area contributed by atoms with E-state index in [1.54, 1.807) is 0 Å². The summed E-state index contributed by atoms with van der Waals surface area (Å²) in [5.41, 5.74) is 1.28. The summed E-state index contributed by atoms with van der Waals surface area (Å²) in [6.07, 6.45) is 25.9. The fourth-order valence-corrected chi connectivity index (χ4v) is 4.22. The lowest BCUT2D eigenvalue weighted by atomic mass is 10.0. The molecule has 2 rings (SSSR count). The highest BCUT2D eigenvalue weighted by atomic mass is 35.5. The molecule has 0 saturated heterocycles. The molecule has 2 aromatic rings. The van der Waals surface area contributed by atoms with Gasteiger partial charge in [0, 0.05) is 17.3 Å². The maximum Gasteiger partial charge on any atom is 0.0481 e. The van der Waals surface area contributed by atoms with Gasteiger partial charge in [-0.15, -0.1) is 12.4 Å². The molecule has 0 radical (unpaired) electrons. The van der Waals surface area contributed by atoms with Crippen LogP contribution in [0.15, 0.2) is 36.5 Å². The van der Waals surface area contributed by atoms with Crippen molar-refractivity contribution in [1.29, 1.82) is 0 Å². The van der Waals surface area contributed by atoms with Crippen LogP contribution in [0.5, 0.6) is 0 Å². The molecular weight excluding hydrogens is 374 g/mol. The molecule has 0 fully saturated rings. The maximum atomic E-state index is 4.61. The molecule has 29 heavy (non-hydrogen) atoms. The summed E-state index contributed by atoms with van der Waals surface area (Å²) in [6, 6.07) is 10.8. The van der Waals surface area contributed by atoms with E-state index in [0.717, 1.165) is 6.42 Å². The van der Waals surface area contributed by atoms with Crippen LogP contribution >= 0.6 is 12.4 Å². The van der Waals surface area contributed by atoms with Crippen molar-refractivity contribution in [3.63, 3.8) is 0 Å². The lowest BCUT2D eigenvalue weighted by molar-refractivity contribution is 0.529. The maximum absolute atomic E-state index is 4.61. The molecule has 0 saturated carbocycles. The van der Waals surface area contributed by atoms with Crippen molar-refractivity contribution < 1.29 is 0 Å². The van der Waals surface area contributed by atoms with Crippen molar-refractivity contribution in [1.82, 2.24) is 4.98 Å². The van der Waals surface area contributed by atoms with Crippen LogP contribution in [-0.4, -0.2) is 4.98 Å². The van der Waals surface area contributed by atoms with Crippen LogP contribution in [0.1, 0.15) is 115 Å². The second-order valence-corrected chi connectivity index (χ2v) is 8.53. The molecule has 0 unspecified atom stereocenters. The number of unbranched alkanes of at least 4 members (excludes halogenated alkanes) is 15. The van der Waals surface area contributed by atoms with Gasteiger partial charge in [-0.3, -0.25) is 4.98 Å². The van der Waals surface area contributed by atoms with E-state index in [2.05, 4.69) is 42.2 Å². The Bertz CT molecular complexity index is 619. The molecule has 1 heterocycles. The van der Waals surface area contributed by atoms with E-state index in [0.29, 0.717) is 0 Å². The number of hydrogen-bond donors (Lipinski definition) is 0. The van der Waals surface area contributed by atoms with Gasteiger partial charge in [0.05, 0.1) is 0 Å². The van der Waals surface area contributed by atoms with Crippen LogP contribution in [-0.2, 0) is 6.42 Å². The van der Waals surface area contributed by atoms with Gasteiger partial charge in [-0.05, 0) is 24.3 Å². The lowest BCUT2D eigenvalue weighted by Gasteiger charge is -2.06. The molecule has 0 atom stereocenters. The van der Waals surface area contributed by atoms with Crippen LogP contribution < -0.4 is 0 Å². The van der Waals surface area contributed by atoms with E-state index in [1.807, 2.05) is 6.20 Å². The summed E-state index contributed by atoms with van der Waals surface area (Å²) in [4.78, 5) is 4.61. The number of benzene rings is 1. The third-order valence-electron chi connectivity index (χ3n) is 6.02. The number of rotatable bonds is 17. The third-order valence-corrected chi connectivity index (χ3v) is 6.02. The molecule has 0 spiro atoms. The summed E-state index contributed by atoms with van der Waals surface area (Å²) in [5, 5.41) is 2.66. The highest BCUT2D eigenvalue weighted by molar-refractivity contribution is 5.85. The number of fused-ring (bicyclic) bond motifs is 1. The topological polar surface area (TPSA) is 12.9 Å². The Morgan fingerprint density at radius 2 is 1.07 bits per heavy atom. The van der Waals surface area contributed by atoms with Gasteiger partial charge in [-0.2, -0.15) is 0 Å². The zero-order chi connectivity index (χ0) is 19.7. The molecule has 0 aliphatic rings. The van der Waals surface area contributed by atoms with Gasteiger partial charge in [-0.1, -0.05) is 128 Å². The summed E-state index contributed by atoms with van der Waals surface area (Å²) >= 11 is 0. The van der Waals surface area contributed by atoms with Gasteiger partial charge < -0.3 is 0 Å². The predicted molar refractivity (Wildman–Crippen MR) is 132 cm³/mol. The van der Waals surface area contributed by atoms with E-state index in [4.69, 9.17) is 0 Å². The normalized spacial score (nSPS) is 10.9. The first-order valence-corrected chi connectivity index (χ1v) is 12.2. The quantitative estimate of drug-likeness (QED) is 0.233. The molecule has 0 aliphatic carbocycles. The van der Waals surface area contributed by atoms with E-state index in [-0.39, 0.29) is 12.4 Å². The minimum atomic E-state index is 0. The van der Waals surface area contributed by atoms with Crippen molar-refractivity contribution in [3.8, 4) is 0 Å². The van der Waals surface area contributed by atoms with Crippen LogP contribution in [0.4, 0.5) is 0 Å². The molecule has 1 nitrogen and oxygen atoms in total. The first-order valence-electron chi connectivity index (χ1n) is 12.2.